The molecule has 0 fully saturated rings. The molecular weight excluding hydrogens is 304 g/mol. The maximum Gasteiger partial charge on any atom is 0.261 e. The van der Waals surface area contributed by atoms with Crippen LogP contribution >= 0.6 is 0 Å². The van der Waals surface area contributed by atoms with Crippen LogP contribution in [0, 0.1) is 13.8 Å². The predicted octanol–water partition coefficient (Wildman–Crippen LogP) is 2.91. The van der Waals surface area contributed by atoms with Gasteiger partial charge in [-0.15, -0.1) is 0 Å². The van der Waals surface area contributed by atoms with Crippen molar-refractivity contribution in [3.8, 4) is 5.75 Å². The van der Waals surface area contributed by atoms with E-state index in [9.17, 15) is 8.42 Å². The lowest BCUT2D eigenvalue weighted by atomic mass is 10.0. The van der Waals surface area contributed by atoms with E-state index in [0.29, 0.717) is 12.9 Å². The van der Waals surface area contributed by atoms with Crippen LogP contribution in [-0.2, 0) is 16.5 Å². The summed E-state index contributed by atoms with van der Waals surface area (Å²) >= 11 is 0. The Morgan fingerprint density at radius 2 is 1.50 bits per heavy atom. The average Bonchev–Trinajstić information content (AvgIpc) is 2.36. The van der Waals surface area contributed by atoms with Crippen molar-refractivity contribution >= 4 is 10.1 Å². The standard InChI is InChI=1S/C15H24O2.CH4O3S/c1-12-10-14(8-6-4-5-7-9-16)11-13(2)15(12)17-3;1-5(2,3)4/h10-11,16H,4-9H2,1-3H3;1H3,(H,2,3,4). The number of ether oxygens (including phenoxy) is 1. The van der Waals surface area contributed by atoms with Gasteiger partial charge in [-0.3, -0.25) is 4.55 Å². The highest BCUT2D eigenvalue weighted by atomic mass is 32.2. The van der Waals surface area contributed by atoms with Crippen molar-refractivity contribution in [3.05, 3.63) is 28.8 Å². The van der Waals surface area contributed by atoms with Crippen molar-refractivity contribution in [3.63, 3.8) is 0 Å². The SMILES string of the molecule is COc1c(C)cc(CCCCCCO)cc1C.CS(=O)(=O)O. The first-order valence-electron chi connectivity index (χ1n) is 7.36. The molecule has 0 aliphatic heterocycles. The Morgan fingerprint density at radius 3 is 1.91 bits per heavy atom. The van der Waals surface area contributed by atoms with Crippen LogP contribution in [0.25, 0.3) is 0 Å². The Morgan fingerprint density at radius 1 is 1.05 bits per heavy atom. The lowest BCUT2D eigenvalue weighted by Gasteiger charge is -2.11. The molecule has 5 nitrogen and oxygen atoms in total. The summed E-state index contributed by atoms with van der Waals surface area (Å²) in [7, 11) is -1.94. The number of benzene rings is 1. The lowest BCUT2D eigenvalue weighted by molar-refractivity contribution is 0.282. The van der Waals surface area contributed by atoms with Gasteiger partial charge in [0.15, 0.2) is 0 Å². The van der Waals surface area contributed by atoms with E-state index in [2.05, 4.69) is 26.0 Å². The molecule has 0 spiro atoms. The van der Waals surface area contributed by atoms with Gasteiger partial charge in [0, 0.05) is 6.61 Å². The predicted molar refractivity (Wildman–Crippen MR) is 89.2 cm³/mol. The number of unbranched alkanes of at least 4 members (excludes halogenated alkanes) is 3. The molecule has 1 rings (SSSR count). The summed E-state index contributed by atoms with van der Waals surface area (Å²) in [4.78, 5) is 0. The number of methoxy groups -OCH3 is 1. The zero-order valence-electron chi connectivity index (χ0n) is 13.9. The van der Waals surface area contributed by atoms with Gasteiger partial charge in [0.05, 0.1) is 13.4 Å². The summed E-state index contributed by atoms with van der Waals surface area (Å²) in [6.07, 6.45) is 6.30. The highest BCUT2D eigenvalue weighted by molar-refractivity contribution is 7.85. The Labute approximate surface area is 134 Å². The molecule has 22 heavy (non-hydrogen) atoms. The third kappa shape index (κ3) is 10.6. The molecule has 0 aliphatic rings. The summed E-state index contributed by atoms with van der Waals surface area (Å²) in [6.45, 7) is 4.52. The quantitative estimate of drug-likeness (QED) is 0.592. The third-order valence-corrected chi connectivity index (χ3v) is 3.10. The van der Waals surface area contributed by atoms with Gasteiger partial charge in [-0.2, -0.15) is 8.42 Å². The second-order valence-electron chi connectivity index (χ2n) is 5.38. The number of aliphatic hydroxyl groups is 1. The second kappa shape index (κ2) is 10.6. The van der Waals surface area contributed by atoms with Gasteiger partial charge in [0.25, 0.3) is 10.1 Å². The molecule has 0 radical (unpaired) electrons. The summed E-state index contributed by atoms with van der Waals surface area (Å²) in [6, 6.07) is 4.44. The number of hydrogen-bond donors (Lipinski definition) is 2. The maximum atomic E-state index is 9.19. The first-order valence-corrected chi connectivity index (χ1v) is 9.21. The molecule has 6 heteroatoms. The van der Waals surface area contributed by atoms with Gasteiger partial charge >= 0.3 is 0 Å². The zero-order chi connectivity index (χ0) is 17.2. The maximum absolute atomic E-state index is 9.19. The number of hydrogen-bond acceptors (Lipinski definition) is 4. The monoisotopic (exact) mass is 332 g/mol. The van der Waals surface area contributed by atoms with Crippen LogP contribution in [0.3, 0.4) is 0 Å². The van der Waals surface area contributed by atoms with Crippen LogP contribution < -0.4 is 4.74 Å². The van der Waals surface area contributed by atoms with E-state index in [4.69, 9.17) is 14.4 Å². The molecule has 0 heterocycles. The molecular formula is C16H28O5S. The highest BCUT2D eigenvalue weighted by Gasteiger charge is 2.04. The van der Waals surface area contributed by atoms with Gasteiger partial charge in [0.1, 0.15) is 5.75 Å². The van der Waals surface area contributed by atoms with Gasteiger partial charge in [-0.25, -0.2) is 0 Å². The normalized spacial score (nSPS) is 10.8. The first-order chi connectivity index (χ1) is 10.2. The molecule has 0 saturated heterocycles. The zero-order valence-corrected chi connectivity index (χ0v) is 14.7. The van der Waals surface area contributed by atoms with Gasteiger partial charge in [-0.1, -0.05) is 25.0 Å². The van der Waals surface area contributed by atoms with Gasteiger partial charge in [-0.05, 0) is 49.8 Å². The van der Waals surface area contributed by atoms with Crippen molar-refractivity contribution in [1.82, 2.24) is 0 Å². The van der Waals surface area contributed by atoms with Gasteiger partial charge in [0.2, 0.25) is 0 Å². The fraction of sp³-hybridized carbons (Fsp3) is 0.625. The van der Waals surface area contributed by atoms with Crippen molar-refractivity contribution in [1.29, 1.82) is 0 Å². The highest BCUT2D eigenvalue weighted by Crippen LogP contribution is 2.25. The Balaban J connectivity index is 0.000000763. The lowest BCUT2D eigenvalue weighted by Crippen LogP contribution is -1.95. The van der Waals surface area contributed by atoms with E-state index in [-0.39, 0.29) is 0 Å². The van der Waals surface area contributed by atoms with Gasteiger partial charge < -0.3 is 9.84 Å². The summed E-state index contributed by atoms with van der Waals surface area (Å²) in [5, 5.41) is 8.70. The molecule has 0 unspecified atom stereocenters. The van der Waals surface area contributed by atoms with Crippen molar-refractivity contribution in [2.75, 3.05) is 20.0 Å². The molecule has 2 N–H and O–H groups in total. The average molecular weight is 332 g/mol. The minimum Gasteiger partial charge on any atom is -0.496 e. The van der Waals surface area contributed by atoms with E-state index >= 15 is 0 Å². The van der Waals surface area contributed by atoms with E-state index < -0.39 is 10.1 Å². The van der Waals surface area contributed by atoms with Crippen LogP contribution in [0.4, 0.5) is 0 Å². The molecule has 0 saturated carbocycles. The number of rotatable bonds is 7. The van der Waals surface area contributed by atoms with Crippen molar-refractivity contribution in [2.45, 2.75) is 46.0 Å². The Kier molecular flexibility index (Phi) is 10.1. The Hall–Kier alpha value is -1.11. The fourth-order valence-corrected chi connectivity index (χ4v) is 2.30. The van der Waals surface area contributed by atoms with Crippen LogP contribution in [0.5, 0.6) is 5.75 Å². The molecule has 0 atom stereocenters. The molecule has 1 aromatic carbocycles. The summed E-state index contributed by atoms with van der Waals surface area (Å²) < 4.78 is 31.2. The minimum atomic E-state index is -3.67. The van der Waals surface area contributed by atoms with E-state index in [0.717, 1.165) is 25.0 Å². The first kappa shape index (κ1) is 20.9. The van der Waals surface area contributed by atoms with Crippen LogP contribution in [0.2, 0.25) is 0 Å². The van der Waals surface area contributed by atoms with Crippen LogP contribution in [0.15, 0.2) is 12.1 Å². The third-order valence-electron chi connectivity index (χ3n) is 3.10. The Bertz CT molecular complexity index is 506. The van der Waals surface area contributed by atoms with E-state index in [1.165, 1.54) is 29.5 Å². The van der Waals surface area contributed by atoms with Crippen LogP contribution in [0.1, 0.15) is 42.4 Å². The number of aryl methyl sites for hydroxylation is 3. The molecule has 0 bridgehead atoms. The molecule has 0 amide bonds. The summed E-state index contributed by atoms with van der Waals surface area (Å²) in [5.41, 5.74) is 3.83. The smallest absolute Gasteiger partial charge is 0.261 e. The van der Waals surface area contributed by atoms with E-state index in [1.54, 1.807) is 7.11 Å². The fourth-order valence-electron chi connectivity index (χ4n) is 2.30. The van der Waals surface area contributed by atoms with Crippen molar-refractivity contribution < 1.29 is 22.8 Å². The molecule has 128 valence electrons. The molecule has 1 aromatic rings. The minimum absolute atomic E-state index is 0.320. The molecule has 0 aliphatic carbocycles. The summed E-state index contributed by atoms with van der Waals surface area (Å²) in [5.74, 6) is 1.01. The van der Waals surface area contributed by atoms with Crippen LogP contribution in [-0.4, -0.2) is 38.0 Å². The largest absolute Gasteiger partial charge is 0.496 e. The second-order valence-corrected chi connectivity index (χ2v) is 6.85. The van der Waals surface area contributed by atoms with Crippen molar-refractivity contribution in [2.24, 2.45) is 0 Å². The van der Waals surface area contributed by atoms with E-state index in [1.807, 2.05) is 0 Å². The number of aliphatic hydroxyl groups excluding tert-OH is 1. The molecule has 0 aromatic heterocycles. The topological polar surface area (TPSA) is 83.8 Å².